The van der Waals surface area contributed by atoms with Gasteiger partial charge in [0.05, 0.1) is 13.2 Å². The van der Waals surface area contributed by atoms with Crippen LogP contribution in [0.15, 0.2) is 30.3 Å². The summed E-state index contributed by atoms with van der Waals surface area (Å²) in [6.45, 7) is 6.05. The molecule has 0 aliphatic heterocycles. The summed E-state index contributed by atoms with van der Waals surface area (Å²) in [4.78, 5) is 24.7. The largest absolute Gasteiger partial charge is 0.465 e. The van der Waals surface area contributed by atoms with Crippen LogP contribution < -0.4 is 0 Å². The first kappa shape index (κ1) is 29.2. The van der Waals surface area contributed by atoms with Crippen molar-refractivity contribution in [3.63, 3.8) is 0 Å². The van der Waals surface area contributed by atoms with E-state index >= 15 is 0 Å². The van der Waals surface area contributed by atoms with Crippen LogP contribution in [0.3, 0.4) is 0 Å². The molecule has 0 saturated carbocycles. The number of rotatable bonds is 20. The maximum Gasteiger partial charge on any atom is 0.322 e. The summed E-state index contributed by atoms with van der Waals surface area (Å²) in [5.74, 6) is -1.02. The number of carbonyl (C=O) groups excluding carboxylic acids is 2. The molecular weight excluding hydrogens is 412 g/mol. The zero-order valence-corrected chi connectivity index (χ0v) is 21.5. The molecule has 1 rings (SSSR count). The smallest absolute Gasteiger partial charge is 0.322 e. The predicted octanol–water partition coefficient (Wildman–Crippen LogP) is 7.82. The third kappa shape index (κ3) is 14.1. The average Bonchev–Trinajstić information content (AvgIpc) is 2.82. The molecule has 0 atom stereocenters. The Morgan fingerprint density at radius 3 is 1.55 bits per heavy atom. The molecule has 0 heterocycles. The van der Waals surface area contributed by atoms with Gasteiger partial charge >= 0.3 is 11.9 Å². The van der Waals surface area contributed by atoms with E-state index in [0.717, 1.165) is 18.4 Å². The van der Waals surface area contributed by atoms with Crippen molar-refractivity contribution in [2.45, 2.75) is 117 Å². The topological polar surface area (TPSA) is 52.6 Å². The van der Waals surface area contributed by atoms with Crippen molar-refractivity contribution >= 4 is 11.9 Å². The molecule has 0 aliphatic rings. The number of esters is 2. The molecule has 0 radical (unpaired) electrons. The van der Waals surface area contributed by atoms with Crippen molar-refractivity contribution in [3.8, 4) is 0 Å². The van der Waals surface area contributed by atoms with E-state index in [1.165, 1.54) is 77.0 Å². The van der Waals surface area contributed by atoms with Gasteiger partial charge in [0.2, 0.25) is 0 Å². The highest BCUT2D eigenvalue weighted by molar-refractivity contribution is 5.99. The van der Waals surface area contributed by atoms with E-state index < -0.39 is 17.4 Å². The summed E-state index contributed by atoms with van der Waals surface area (Å²) in [5, 5.41) is 0. The van der Waals surface area contributed by atoms with E-state index in [9.17, 15) is 9.59 Å². The van der Waals surface area contributed by atoms with E-state index in [0.29, 0.717) is 13.0 Å². The molecular formula is C29H48O4. The van der Waals surface area contributed by atoms with Crippen LogP contribution in [0.4, 0.5) is 0 Å². The Hall–Kier alpha value is -1.84. The molecule has 0 fully saturated rings. The molecule has 0 bridgehead atoms. The van der Waals surface area contributed by atoms with Crippen molar-refractivity contribution in [3.05, 3.63) is 35.9 Å². The zero-order chi connectivity index (χ0) is 24.2. The normalized spacial score (nSPS) is 11.4. The summed E-state index contributed by atoms with van der Waals surface area (Å²) in [7, 11) is 0. The number of ether oxygens (including phenoxy) is 2. The highest BCUT2D eigenvalue weighted by Gasteiger charge is 2.39. The third-order valence-corrected chi connectivity index (χ3v) is 6.22. The minimum Gasteiger partial charge on any atom is -0.465 e. The second kappa shape index (κ2) is 18.6. The minimum atomic E-state index is -1.27. The molecule has 4 heteroatoms. The fourth-order valence-electron chi connectivity index (χ4n) is 3.81. The third-order valence-electron chi connectivity index (χ3n) is 6.22. The van der Waals surface area contributed by atoms with Crippen LogP contribution in [0.5, 0.6) is 0 Å². The monoisotopic (exact) mass is 460 g/mol. The zero-order valence-electron chi connectivity index (χ0n) is 21.5. The van der Waals surface area contributed by atoms with Crippen molar-refractivity contribution < 1.29 is 19.1 Å². The Morgan fingerprint density at radius 2 is 1.06 bits per heavy atom. The van der Waals surface area contributed by atoms with E-state index in [-0.39, 0.29) is 6.61 Å². The second-order valence-corrected chi connectivity index (χ2v) is 9.73. The second-order valence-electron chi connectivity index (χ2n) is 9.73. The molecule has 0 aliphatic carbocycles. The lowest BCUT2D eigenvalue weighted by atomic mass is 9.94. The van der Waals surface area contributed by atoms with E-state index in [2.05, 4.69) is 6.92 Å². The molecule has 0 amide bonds. The van der Waals surface area contributed by atoms with Gasteiger partial charge in [-0.05, 0) is 25.8 Å². The van der Waals surface area contributed by atoms with Crippen molar-refractivity contribution in [2.75, 3.05) is 13.2 Å². The Labute approximate surface area is 202 Å². The Kier molecular flexibility index (Phi) is 16.4. The average molecular weight is 461 g/mol. The first-order valence-electron chi connectivity index (χ1n) is 13.4. The summed E-state index contributed by atoms with van der Waals surface area (Å²) in [6, 6.07) is 9.84. The van der Waals surface area contributed by atoms with Crippen LogP contribution in [0.1, 0.15) is 116 Å². The lowest BCUT2D eigenvalue weighted by Crippen LogP contribution is -2.37. The van der Waals surface area contributed by atoms with E-state index in [1.807, 2.05) is 30.3 Å². The predicted molar refractivity (Wildman–Crippen MR) is 136 cm³/mol. The standard InChI is InChI=1S/C29H48O4/c1-4-5-6-7-8-9-10-11-12-13-14-15-16-20-24-32-27(30)29(2,3)28(31)33-25-23-26-21-18-17-19-22-26/h17-19,21-22H,4-16,20,23-25H2,1-3H3. The van der Waals surface area contributed by atoms with Crippen LogP contribution in [0.2, 0.25) is 0 Å². The first-order valence-corrected chi connectivity index (χ1v) is 13.4. The Bertz CT molecular complexity index is 624. The van der Waals surface area contributed by atoms with Crippen molar-refractivity contribution in [1.29, 1.82) is 0 Å². The Balaban J connectivity index is 1.98. The van der Waals surface area contributed by atoms with Gasteiger partial charge in [0.1, 0.15) is 0 Å². The summed E-state index contributed by atoms with van der Waals surface area (Å²) < 4.78 is 10.7. The summed E-state index contributed by atoms with van der Waals surface area (Å²) >= 11 is 0. The number of unbranched alkanes of at least 4 members (excludes halogenated alkanes) is 13. The lowest BCUT2D eigenvalue weighted by Gasteiger charge is -2.20. The van der Waals surface area contributed by atoms with Gasteiger partial charge in [-0.2, -0.15) is 0 Å². The van der Waals surface area contributed by atoms with E-state index in [4.69, 9.17) is 9.47 Å². The molecule has 4 nitrogen and oxygen atoms in total. The molecule has 1 aromatic carbocycles. The lowest BCUT2D eigenvalue weighted by molar-refractivity contribution is -0.169. The maximum absolute atomic E-state index is 12.4. The van der Waals surface area contributed by atoms with Crippen molar-refractivity contribution in [1.82, 2.24) is 0 Å². The molecule has 33 heavy (non-hydrogen) atoms. The quantitative estimate of drug-likeness (QED) is 0.113. The molecule has 1 aromatic rings. The maximum atomic E-state index is 12.4. The summed E-state index contributed by atoms with van der Waals surface area (Å²) in [5.41, 5.74) is -0.171. The van der Waals surface area contributed by atoms with Crippen LogP contribution in [0.25, 0.3) is 0 Å². The van der Waals surface area contributed by atoms with Crippen LogP contribution in [-0.2, 0) is 25.5 Å². The molecule has 0 aromatic heterocycles. The van der Waals surface area contributed by atoms with Gasteiger partial charge in [0.15, 0.2) is 5.41 Å². The SMILES string of the molecule is CCCCCCCCCCCCCCCCOC(=O)C(C)(C)C(=O)OCCc1ccccc1. The van der Waals surface area contributed by atoms with Gasteiger partial charge in [-0.1, -0.05) is 121 Å². The number of benzene rings is 1. The molecule has 188 valence electrons. The fourth-order valence-corrected chi connectivity index (χ4v) is 3.81. The highest BCUT2D eigenvalue weighted by Crippen LogP contribution is 2.20. The van der Waals surface area contributed by atoms with Crippen LogP contribution in [-0.4, -0.2) is 25.2 Å². The summed E-state index contributed by atoms with van der Waals surface area (Å²) in [6.07, 6.45) is 18.7. The van der Waals surface area contributed by atoms with Gasteiger partial charge in [0, 0.05) is 6.42 Å². The number of hydrogen-bond donors (Lipinski definition) is 0. The van der Waals surface area contributed by atoms with Gasteiger partial charge in [0.25, 0.3) is 0 Å². The van der Waals surface area contributed by atoms with Gasteiger partial charge < -0.3 is 9.47 Å². The first-order chi connectivity index (χ1) is 16.0. The van der Waals surface area contributed by atoms with Crippen LogP contribution >= 0.6 is 0 Å². The number of carbonyl (C=O) groups is 2. The molecule has 0 saturated heterocycles. The fraction of sp³-hybridized carbons (Fsp3) is 0.724. The van der Waals surface area contributed by atoms with Gasteiger partial charge in [-0.3, -0.25) is 9.59 Å². The van der Waals surface area contributed by atoms with Crippen molar-refractivity contribution in [2.24, 2.45) is 5.41 Å². The van der Waals surface area contributed by atoms with Gasteiger partial charge in [-0.15, -0.1) is 0 Å². The minimum absolute atomic E-state index is 0.262. The molecule has 0 N–H and O–H groups in total. The Morgan fingerprint density at radius 1 is 0.636 bits per heavy atom. The molecule has 0 unspecified atom stereocenters. The van der Waals surface area contributed by atoms with E-state index in [1.54, 1.807) is 13.8 Å². The van der Waals surface area contributed by atoms with Gasteiger partial charge in [-0.25, -0.2) is 0 Å². The van der Waals surface area contributed by atoms with Crippen LogP contribution in [0, 0.1) is 5.41 Å². The molecule has 0 spiro atoms. The highest BCUT2D eigenvalue weighted by atomic mass is 16.6. The number of hydrogen-bond acceptors (Lipinski definition) is 4.